The fraction of sp³-hybridized carbons (Fsp3) is 0.500. The van der Waals surface area contributed by atoms with Gasteiger partial charge in [0.15, 0.2) is 0 Å². The van der Waals surface area contributed by atoms with Crippen LogP contribution in [0.25, 0.3) is 0 Å². The Morgan fingerprint density at radius 2 is 2.12 bits per heavy atom. The summed E-state index contributed by atoms with van der Waals surface area (Å²) in [6.07, 6.45) is 3.35. The molecule has 0 bridgehead atoms. The molecule has 0 spiro atoms. The van der Waals surface area contributed by atoms with Crippen molar-refractivity contribution in [2.75, 3.05) is 37.6 Å². The van der Waals surface area contributed by atoms with Gasteiger partial charge in [0.05, 0.1) is 4.99 Å². The Balaban J connectivity index is 1.88. The van der Waals surface area contributed by atoms with E-state index in [4.69, 9.17) is 18.0 Å². The Kier molecular flexibility index (Phi) is 3.63. The number of hydrogen-bond donors (Lipinski definition) is 1. The molecular weight excluding hydrogens is 222 g/mol. The maximum Gasteiger partial charge on any atom is 0.131 e. The SMILES string of the molecule is NC(=S)CN1CCN(c2ccncn2)CC1. The fourth-order valence-corrected chi connectivity index (χ4v) is 2.01. The van der Waals surface area contributed by atoms with Crippen LogP contribution in [0.1, 0.15) is 0 Å². The largest absolute Gasteiger partial charge is 0.392 e. The van der Waals surface area contributed by atoms with Crippen LogP contribution in [0.3, 0.4) is 0 Å². The summed E-state index contributed by atoms with van der Waals surface area (Å²) in [4.78, 5) is 13.2. The summed E-state index contributed by atoms with van der Waals surface area (Å²) in [5.74, 6) is 0.991. The molecule has 2 heterocycles. The zero-order chi connectivity index (χ0) is 11.4. The van der Waals surface area contributed by atoms with Gasteiger partial charge in [-0.1, -0.05) is 12.2 Å². The minimum atomic E-state index is 0.565. The molecule has 1 saturated heterocycles. The third kappa shape index (κ3) is 2.86. The molecular formula is C10H15N5S. The van der Waals surface area contributed by atoms with Crippen LogP contribution >= 0.6 is 12.2 Å². The predicted octanol–water partition coefficient (Wildman–Crippen LogP) is -0.115. The highest BCUT2D eigenvalue weighted by molar-refractivity contribution is 7.80. The molecule has 0 radical (unpaired) electrons. The van der Waals surface area contributed by atoms with Crippen LogP contribution in [-0.4, -0.2) is 52.6 Å². The molecule has 2 rings (SSSR count). The molecule has 16 heavy (non-hydrogen) atoms. The van der Waals surface area contributed by atoms with E-state index in [2.05, 4.69) is 19.8 Å². The Morgan fingerprint density at radius 3 is 2.69 bits per heavy atom. The lowest BCUT2D eigenvalue weighted by Crippen LogP contribution is -2.48. The fourth-order valence-electron chi connectivity index (χ4n) is 1.83. The molecule has 6 heteroatoms. The standard InChI is InChI=1S/C10H15N5S/c11-9(16)7-14-3-5-15(6-4-14)10-1-2-12-8-13-10/h1-2,8H,3-7H2,(H2,11,16). The Hall–Kier alpha value is -1.27. The van der Waals surface area contributed by atoms with Gasteiger partial charge in [-0.2, -0.15) is 0 Å². The van der Waals surface area contributed by atoms with Crippen LogP contribution in [0.15, 0.2) is 18.6 Å². The Morgan fingerprint density at radius 1 is 1.38 bits per heavy atom. The number of anilines is 1. The topological polar surface area (TPSA) is 58.3 Å². The van der Waals surface area contributed by atoms with Crippen molar-refractivity contribution < 1.29 is 0 Å². The van der Waals surface area contributed by atoms with Gasteiger partial charge in [-0.15, -0.1) is 0 Å². The lowest BCUT2D eigenvalue weighted by atomic mass is 10.3. The zero-order valence-corrected chi connectivity index (χ0v) is 9.86. The van der Waals surface area contributed by atoms with Crippen LogP contribution in [0.2, 0.25) is 0 Å². The second kappa shape index (κ2) is 5.18. The zero-order valence-electron chi connectivity index (χ0n) is 9.04. The molecule has 1 aliphatic heterocycles. The van der Waals surface area contributed by atoms with Crippen molar-refractivity contribution in [3.8, 4) is 0 Å². The summed E-state index contributed by atoms with van der Waals surface area (Å²) in [6.45, 7) is 4.58. The van der Waals surface area contributed by atoms with Gasteiger partial charge >= 0.3 is 0 Å². The second-order valence-electron chi connectivity index (χ2n) is 3.80. The molecule has 0 amide bonds. The molecule has 1 aromatic rings. The normalized spacial score (nSPS) is 17.4. The minimum absolute atomic E-state index is 0.565. The number of piperazine rings is 1. The first-order chi connectivity index (χ1) is 7.75. The molecule has 1 aliphatic rings. The van der Waals surface area contributed by atoms with E-state index in [9.17, 15) is 0 Å². The van der Waals surface area contributed by atoms with Crippen molar-refractivity contribution in [3.05, 3.63) is 18.6 Å². The first-order valence-electron chi connectivity index (χ1n) is 5.27. The van der Waals surface area contributed by atoms with Gasteiger partial charge in [0.25, 0.3) is 0 Å². The number of hydrogen-bond acceptors (Lipinski definition) is 5. The van der Waals surface area contributed by atoms with Crippen molar-refractivity contribution in [1.82, 2.24) is 14.9 Å². The third-order valence-corrected chi connectivity index (χ3v) is 2.77. The summed E-state index contributed by atoms with van der Waals surface area (Å²) in [5, 5.41) is 0. The smallest absolute Gasteiger partial charge is 0.131 e. The van der Waals surface area contributed by atoms with Crippen LogP contribution < -0.4 is 10.6 Å². The minimum Gasteiger partial charge on any atom is -0.392 e. The molecule has 1 aromatic heterocycles. The average Bonchev–Trinajstić information content (AvgIpc) is 2.30. The van der Waals surface area contributed by atoms with Crippen molar-refractivity contribution in [2.45, 2.75) is 0 Å². The molecule has 86 valence electrons. The highest BCUT2D eigenvalue weighted by atomic mass is 32.1. The van der Waals surface area contributed by atoms with Crippen molar-refractivity contribution >= 4 is 23.0 Å². The van der Waals surface area contributed by atoms with Gasteiger partial charge in [0, 0.05) is 38.9 Å². The lowest BCUT2D eigenvalue weighted by molar-refractivity contribution is 0.291. The number of aromatic nitrogens is 2. The molecule has 0 unspecified atom stereocenters. The van der Waals surface area contributed by atoms with E-state index in [0.717, 1.165) is 32.0 Å². The van der Waals surface area contributed by atoms with Crippen LogP contribution in [0, 0.1) is 0 Å². The Bertz CT molecular complexity index is 347. The first kappa shape index (κ1) is 11.2. The van der Waals surface area contributed by atoms with E-state index in [-0.39, 0.29) is 0 Å². The van der Waals surface area contributed by atoms with Crippen molar-refractivity contribution in [3.63, 3.8) is 0 Å². The van der Waals surface area contributed by atoms with Gasteiger partial charge in [0.2, 0.25) is 0 Å². The molecule has 0 atom stereocenters. The van der Waals surface area contributed by atoms with Gasteiger partial charge in [0.1, 0.15) is 12.1 Å². The maximum absolute atomic E-state index is 5.52. The molecule has 1 fully saturated rings. The monoisotopic (exact) mass is 237 g/mol. The van der Waals surface area contributed by atoms with Crippen molar-refractivity contribution in [2.24, 2.45) is 5.73 Å². The Labute approximate surface area is 100 Å². The number of nitrogens with zero attached hydrogens (tertiary/aromatic N) is 4. The number of thiocarbonyl (C=S) groups is 1. The summed E-state index contributed by atoms with van der Waals surface area (Å²) in [5.41, 5.74) is 5.52. The van der Waals surface area contributed by atoms with E-state index in [1.54, 1.807) is 12.5 Å². The van der Waals surface area contributed by atoms with Gasteiger partial charge in [-0.25, -0.2) is 9.97 Å². The van der Waals surface area contributed by atoms with Gasteiger partial charge in [-0.3, -0.25) is 4.90 Å². The summed E-state index contributed by atoms with van der Waals surface area (Å²) in [7, 11) is 0. The molecule has 2 N–H and O–H groups in total. The summed E-state index contributed by atoms with van der Waals surface area (Å²) < 4.78 is 0. The maximum atomic E-state index is 5.52. The van der Waals surface area contributed by atoms with E-state index >= 15 is 0 Å². The molecule has 5 nitrogen and oxygen atoms in total. The first-order valence-corrected chi connectivity index (χ1v) is 5.68. The average molecular weight is 237 g/mol. The quantitative estimate of drug-likeness (QED) is 0.740. The highest BCUT2D eigenvalue weighted by Crippen LogP contribution is 2.11. The third-order valence-electron chi connectivity index (χ3n) is 2.64. The highest BCUT2D eigenvalue weighted by Gasteiger charge is 2.17. The number of rotatable bonds is 3. The number of nitrogens with two attached hydrogens (primary N) is 1. The summed E-state index contributed by atoms with van der Waals surface area (Å²) in [6, 6.07) is 1.93. The van der Waals surface area contributed by atoms with E-state index < -0.39 is 0 Å². The summed E-state index contributed by atoms with van der Waals surface area (Å²) >= 11 is 4.90. The molecule has 0 aromatic carbocycles. The van der Waals surface area contributed by atoms with E-state index in [1.165, 1.54) is 0 Å². The van der Waals surface area contributed by atoms with Crippen LogP contribution in [-0.2, 0) is 0 Å². The van der Waals surface area contributed by atoms with Gasteiger partial charge < -0.3 is 10.6 Å². The van der Waals surface area contributed by atoms with E-state index in [0.29, 0.717) is 11.5 Å². The second-order valence-corrected chi connectivity index (χ2v) is 4.32. The van der Waals surface area contributed by atoms with Crippen LogP contribution in [0.4, 0.5) is 5.82 Å². The molecule has 0 saturated carbocycles. The molecule has 0 aliphatic carbocycles. The van der Waals surface area contributed by atoms with Crippen LogP contribution in [0.5, 0.6) is 0 Å². The van der Waals surface area contributed by atoms with E-state index in [1.807, 2.05) is 6.07 Å². The lowest BCUT2D eigenvalue weighted by Gasteiger charge is -2.34. The van der Waals surface area contributed by atoms with Crippen molar-refractivity contribution in [1.29, 1.82) is 0 Å². The predicted molar refractivity (Wildman–Crippen MR) is 67.5 cm³/mol. The van der Waals surface area contributed by atoms with Gasteiger partial charge in [-0.05, 0) is 6.07 Å².